The average Bonchev–Trinajstić information content (AvgIpc) is 2.18. The van der Waals surface area contributed by atoms with Crippen molar-refractivity contribution >= 4 is 5.52 Å². The molecule has 0 unspecified atom stereocenters. The van der Waals surface area contributed by atoms with Crippen molar-refractivity contribution in [3.05, 3.63) is 39.3 Å². The molecule has 4 nitrogen and oxygen atoms in total. The second-order valence-electron chi connectivity index (χ2n) is 3.78. The summed E-state index contributed by atoms with van der Waals surface area (Å²) < 4.78 is 1.57. The maximum atomic E-state index is 11.7. The van der Waals surface area contributed by atoms with E-state index >= 15 is 0 Å². The molecule has 0 bridgehead atoms. The number of rotatable bonds is 0. The maximum Gasteiger partial charge on any atom is 0.353 e. The molecule has 0 aliphatic rings. The van der Waals surface area contributed by atoms with Crippen LogP contribution in [0.4, 0.5) is 0 Å². The van der Waals surface area contributed by atoms with Gasteiger partial charge in [-0.25, -0.2) is 14.2 Å². The standard InChI is InChI=1S/C11H13N3O/c1-6-5-12-9(4)14-10(6)7(2)8(3)13-11(14)15/h5H,1-4H3. The minimum Gasteiger partial charge on any atom is -0.248 e. The second kappa shape index (κ2) is 3.15. The third kappa shape index (κ3) is 1.33. The van der Waals surface area contributed by atoms with Crippen LogP contribution in [0.5, 0.6) is 0 Å². The average molecular weight is 203 g/mol. The van der Waals surface area contributed by atoms with Gasteiger partial charge in [-0.3, -0.25) is 0 Å². The zero-order valence-electron chi connectivity index (χ0n) is 9.33. The molecule has 0 aromatic carbocycles. The summed E-state index contributed by atoms with van der Waals surface area (Å²) in [5.74, 6) is 0.677. The van der Waals surface area contributed by atoms with Gasteiger partial charge >= 0.3 is 5.69 Å². The molecular weight excluding hydrogens is 190 g/mol. The first-order valence-electron chi connectivity index (χ1n) is 4.84. The van der Waals surface area contributed by atoms with Crippen LogP contribution in [0.3, 0.4) is 0 Å². The van der Waals surface area contributed by atoms with Crippen molar-refractivity contribution in [1.29, 1.82) is 0 Å². The fourth-order valence-electron chi connectivity index (χ4n) is 1.79. The van der Waals surface area contributed by atoms with E-state index in [1.54, 1.807) is 10.6 Å². The lowest BCUT2D eigenvalue weighted by atomic mass is 10.1. The van der Waals surface area contributed by atoms with Gasteiger partial charge in [-0.2, -0.15) is 4.98 Å². The van der Waals surface area contributed by atoms with Crippen molar-refractivity contribution in [2.24, 2.45) is 0 Å². The highest BCUT2D eigenvalue weighted by Crippen LogP contribution is 2.14. The molecule has 0 amide bonds. The van der Waals surface area contributed by atoms with E-state index in [4.69, 9.17) is 0 Å². The van der Waals surface area contributed by atoms with Crippen LogP contribution in [0.25, 0.3) is 5.52 Å². The fraction of sp³-hybridized carbons (Fsp3) is 0.364. The minimum absolute atomic E-state index is 0.248. The molecule has 0 atom stereocenters. The first-order chi connectivity index (χ1) is 7.02. The quantitative estimate of drug-likeness (QED) is 0.648. The topological polar surface area (TPSA) is 47.3 Å². The van der Waals surface area contributed by atoms with Crippen molar-refractivity contribution in [3.63, 3.8) is 0 Å². The third-order valence-electron chi connectivity index (χ3n) is 2.72. The summed E-state index contributed by atoms with van der Waals surface area (Å²) >= 11 is 0. The van der Waals surface area contributed by atoms with E-state index in [0.717, 1.165) is 22.3 Å². The van der Waals surface area contributed by atoms with Crippen LogP contribution in [0, 0.1) is 27.7 Å². The molecule has 0 N–H and O–H groups in total. The Morgan fingerprint density at radius 1 is 1.20 bits per heavy atom. The molecule has 15 heavy (non-hydrogen) atoms. The summed E-state index contributed by atoms with van der Waals surface area (Å²) in [6, 6.07) is 0. The largest absolute Gasteiger partial charge is 0.353 e. The van der Waals surface area contributed by atoms with Crippen molar-refractivity contribution in [3.8, 4) is 0 Å². The van der Waals surface area contributed by atoms with Crippen LogP contribution in [-0.2, 0) is 0 Å². The molecule has 2 heterocycles. The minimum atomic E-state index is -0.248. The highest BCUT2D eigenvalue weighted by Gasteiger charge is 2.09. The van der Waals surface area contributed by atoms with E-state index in [-0.39, 0.29) is 5.69 Å². The van der Waals surface area contributed by atoms with Crippen LogP contribution >= 0.6 is 0 Å². The molecule has 2 aromatic heterocycles. The molecule has 0 spiro atoms. The Bertz CT molecular complexity index is 599. The van der Waals surface area contributed by atoms with E-state index in [9.17, 15) is 4.79 Å². The number of nitrogens with zero attached hydrogens (tertiary/aromatic N) is 3. The molecular formula is C11H13N3O. The van der Waals surface area contributed by atoms with Gasteiger partial charge in [0.1, 0.15) is 5.82 Å². The fourth-order valence-corrected chi connectivity index (χ4v) is 1.79. The van der Waals surface area contributed by atoms with Gasteiger partial charge in [-0.1, -0.05) is 0 Å². The Labute approximate surface area is 87.6 Å². The Kier molecular flexibility index (Phi) is 2.07. The monoisotopic (exact) mass is 203 g/mol. The van der Waals surface area contributed by atoms with Gasteiger partial charge in [-0.15, -0.1) is 0 Å². The Morgan fingerprint density at radius 3 is 2.53 bits per heavy atom. The van der Waals surface area contributed by atoms with Crippen molar-refractivity contribution in [2.45, 2.75) is 27.7 Å². The highest BCUT2D eigenvalue weighted by molar-refractivity contribution is 5.60. The van der Waals surface area contributed by atoms with Crippen LogP contribution in [0.15, 0.2) is 11.0 Å². The zero-order valence-corrected chi connectivity index (χ0v) is 9.33. The van der Waals surface area contributed by atoms with Gasteiger partial charge in [0, 0.05) is 11.9 Å². The number of fused-ring (bicyclic) bond motifs is 1. The molecule has 0 saturated heterocycles. The molecule has 2 rings (SSSR count). The molecule has 2 aromatic rings. The SMILES string of the molecule is Cc1nc(=O)n2c(C)ncc(C)c2c1C. The van der Waals surface area contributed by atoms with Gasteiger partial charge in [0.15, 0.2) is 0 Å². The summed E-state index contributed by atoms with van der Waals surface area (Å²) in [5, 5.41) is 0. The first-order valence-corrected chi connectivity index (χ1v) is 4.84. The lowest BCUT2D eigenvalue weighted by Crippen LogP contribution is -2.22. The Hall–Kier alpha value is -1.71. The van der Waals surface area contributed by atoms with Gasteiger partial charge < -0.3 is 0 Å². The predicted molar refractivity (Wildman–Crippen MR) is 58.2 cm³/mol. The van der Waals surface area contributed by atoms with Gasteiger partial charge in [0.2, 0.25) is 0 Å². The molecule has 78 valence electrons. The van der Waals surface area contributed by atoms with E-state index in [1.807, 2.05) is 27.7 Å². The van der Waals surface area contributed by atoms with Gasteiger partial charge in [0.25, 0.3) is 0 Å². The van der Waals surface area contributed by atoms with E-state index in [1.165, 1.54) is 0 Å². The Morgan fingerprint density at radius 2 is 1.87 bits per heavy atom. The number of aromatic nitrogens is 3. The van der Waals surface area contributed by atoms with Crippen molar-refractivity contribution in [1.82, 2.24) is 14.4 Å². The molecule has 0 saturated carbocycles. The first kappa shape index (κ1) is 9.83. The van der Waals surface area contributed by atoms with Gasteiger partial charge in [-0.05, 0) is 38.8 Å². The summed E-state index contributed by atoms with van der Waals surface area (Å²) in [6.07, 6.45) is 1.79. The summed E-state index contributed by atoms with van der Waals surface area (Å²) in [5.41, 5.74) is 3.51. The van der Waals surface area contributed by atoms with E-state index < -0.39 is 0 Å². The number of aryl methyl sites for hydroxylation is 4. The molecule has 0 radical (unpaired) electrons. The smallest absolute Gasteiger partial charge is 0.248 e. The number of hydrogen-bond acceptors (Lipinski definition) is 3. The lowest BCUT2D eigenvalue weighted by Gasteiger charge is -2.10. The summed E-state index contributed by atoms with van der Waals surface area (Å²) in [6.45, 7) is 7.59. The van der Waals surface area contributed by atoms with Crippen molar-refractivity contribution < 1.29 is 0 Å². The molecule has 0 aliphatic carbocycles. The van der Waals surface area contributed by atoms with Gasteiger partial charge in [0.05, 0.1) is 5.52 Å². The number of hydrogen-bond donors (Lipinski definition) is 0. The normalized spacial score (nSPS) is 10.9. The van der Waals surface area contributed by atoms with Crippen LogP contribution < -0.4 is 5.69 Å². The van der Waals surface area contributed by atoms with Crippen molar-refractivity contribution in [2.75, 3.05) is 0 Å². The third-order valence-corrected chi connectivity index (χ3v) is 2.72. The molecule has 4 heteroatoms. The predicted octanol–water partition coefficient (Wildman–Crippen LogP) is 1.32. The summed E-state index contributed by atoms with van der Waals surface area (Å²) in [7, 11) is 0. The van der Waals surface area contributed by atoms with E-state index in [0.29, 0.717) is 5.82 Å². The molecule has 0 aliphatic heterocycles. The maximum absolute atomic E-state index is 11.7. The van der Waals surface area contributed by atoms with Crippen LogP contribution in [0.1, 0.15) is 22.6 Å². The van der Waals surface area contributed by atoms with Crippen LogP contribution in [0.2, 0.25) is 0 Å². The van der Waals surface area contributed by atoms with E-state index in [2.05, 4.69) is 9.97 Å². The summed E-state index contributed by atoms with van der Waals surface area (Å²) in [4.78, 5) is 19.9. The van der Waals surface area contributed by atoms with Crippen LogP contribution in [-0.4, -0.2) is 14.4 Å². The Balaban J connectivity index is 3.16. The lowest BCUT2D eigenvalue weighted by molar-refractivity contribution is 0.868. The molecule has 0 fully saturated rings. The second-order valence-corrected chi connectivity index (χ2v) is 3.78. The zero-order chi connectivity index (χ0) is 11.2. The highest BCUT2D eigenvalue weighted by atomic mass is 16.1.